The molecule has 19 heavy (non-hydrogen) atoms. The van der Waals surface area contributed by atoms with Crippen LogP contribution < -0.4 is 5.32 Å². The third-order valence-electron chi connectivity index (χ3n) is 3.94. The van der Waals surface area contributed by atoms with E-state index in [9.17, 15) is 0 Å². The van der Waals surface area contributed by atoms with Crippen molar-refractivity contribution in [3.8, 4) is 11.6 Å². The molecule has 2 N–H and O–H groups in total. The van der Waals surface area contributed by atoms with Gasteiger partial charge in [0.25, 0.3) is 5.89 Å². The van der Waals surface area contributed by atoms with Gasteiger partial charge in [0.15, 0.2) is 11.5 Å². The molecule has 1 aliphatic carbocycles. The standard InChI is InChI=1S/C13H17N5O/c1-2-9(7-14-5-1)10-6-11(17-16-10)13-15-12(18-19-13)8-3-4-8/h6,8-9,14H,1-5,7H2,(H,16,17)/t9-/m1/s1. The molecule has 1 saturated carbocycles. The van der Waals surface area contributed by atoms with E-state index in [1.165, 1.54) is 25.7 Å². The quantitative estimate of drug-likeness (QED) is 0.878. The third kappa shape index (κ3) is 2.16. The first kappa shape index (κ1) is 11.2. The molecule has 2 aromatic rings. The Morgan fingerprint density at radius 3 is 2.95 bits per heavy atom. The second-order valence-electron chi connectivity index (χ2n) is 5.48. The van der Waals surface area contributed by atoms with Crippen molar-refractivity contribution in [1.82, 2.24) is 25.7 Å². The summed E-state index contributed by atoms with van der Waals surface area (Å²) in [4.78, 5) is 4.43. The molecule has 0 unspecified atom stereocenters. The zero-order valence-electron chi connectivity index (χ0n) is 10.7. The Labute approximate surface area is 111 Å². The van der Waals surface area contributed by atoms with Crippen LogP contribution in [0.3, 0.4) is 0 Å². The minimum Gasteiger partial charge on any atom is -0.332 e. The van der Waals surface area contributed by atoms with Crippen LogP contribution in [0, 0.1) is 0 Å². The molecule has 0 aromatic carbocycles. The normalized spacial score (nSPS) is 23.7. The zero-order valence-corrected chi connectivity index (χ0v) is 10.7. The van der Waals surface area contributed by atoms with Crippen LogP contribution in [-0.4, -0.2) is 33.4 Å². The monoisotopic (exact) mass is 259 g/mol. The number of nitrogens with zero attached hydrogens (tertiary/aromatic N) is 3. The highest BCUT2D eigenvalue weighted by atomic mass is 16.5. The van der Waals surface area contributed by atoms with Crippen molar-refractivity contribution in [3.05, 3.63) is 17.6 Å². The predicted octanol–water partition coefficient (Wildman–Crippen LogP) is 1.80. The highest BCUT2D eigenvalue weighted by Gasteiger charge is 2.29. The lowest BCUT2D eigenvalue weighted by Gasteiger charge is -2.20. The molecule has 6 heteroatoms. The average molecular weight is 259 g/mol. The summed E-state index contributed by atoms with van der Waals surface area (Å²) in [5, 5.41) is 14.9. The molecule has 2 aliphatic rings. The Morgan fingerprint density at radius 1 is 1.21 bits per heavy atom. The molecule has 2 aromatic heterocycles. The topological polar surface area (TPSA) is 79.6 Å². The largest absolute Gasteiger partial charge is 0.332 e. The van der Waals surface area contributed by atoms with Crippen LogP contribution in [0.25, 0.3) is 11.6 Å². The number of aromatic nitrogens is 4. The average Bonchev–Trinajstić information content (AvgIpc) is 3.01. The molecule has 6 nitrogen and oxygen atoms in total. The Bertz CT molecular complexity index is 565. The molecular weight excluding hydrogens is 242 g/mol. The highest BCUT2D eigenvalue weighted by molar-refractivity contribution is 5.47. The van der Waals surface area contributed by atoms with Gasteiger partial charge in [-0.1, -0.05) is 5.16 Å². The predicted molar refractivity (Wildman–Crippen MR) is 68.7 cm³/mol. The van der Waals surface area contributed by atoms with Crippen molar-refractivity contribution >= 4 is 0 Å². The molecule has 0 amide bonds. The number of aromatic amines is 1. The van der Waals surface area contributed by atoms with E-state index in [0.717, 1.165) is 30.3 Å². The van der Waals surface area contributed by atoms with Crippen molar-refractivity contribution < 1.29 is 4.52 Å². The first-order valence-electron chi connectivity index (χ1n) is 7.00. The van der Waals surface area contributed by atoms with Crippen molar-refractivity contribution in [2.45, 2.75) is 37.5 Å². The Morgan fingerprint density at radius 2 is 2.16 bits per heavy atom. The lowest BCUT2D eigenvalue weighted by atomic mass is 9.96. The molecule has 2 fully saturated rings. The van der Waals surface area contributed by atoms with Crippen molar-refractivity contribution in [2.24, 2.45) is 0 Å². The van der Waals surface area contributed by atoms with Gasteiger partial charge in [0.1, 0.15) is 0 Å². The molecule has 0 bridgehead atoms. The van der Waals surface area contributed by atoms with Gasteiger partial charge in [-0.05, 0) is 38.3 Å². The number of hydrogen-bond donors (Lipinski definition) is 2. The lowest BCUT2D eigenvalue weighted by Crippen LogP contribution is -2.28. The molecular formula is C13H17N5O. The van der Waals surface area contributed by atoms with Crippen LogP contribution in [-0.2, 0) is 0 Å². The second kappa shape index (κ2) is 4.45. The van der Waals surface area contributed by atoms with Crippen molar-refractivity contribution in [3.63, 3.8) is 0 Å². The van der Waals surface area contributed by atoms with Gasteiger partial charge in [-0.2, -0.15) is 10.1 Å². The fourth-order valence-corrected chi connectivity index (χ4v) is 2.62. The number of piperidine rings is 1. The first-order chi connectivity index (χ1) is 9.40. The van der Waals surface area contributed by atoms with Gasteiger partial charge in [0.05, 0.1) is 0 Å². The third-order valence-corrected chi connectivity index (χ3v) is 3.94. The molecule has 1 atom stereocenters. The van der Waals surface area contributed by atoms with E-state index in [1.807, 2.05) is 6.07 Å². The first-order valence-corrected chi connectivity index (χ1v) is 7.00. The Hall–Kier alpha value is -1.69. The summed E-state index contributed by atoms with van der Waals surface area (Å²) in [6.45, 7) is 2.13. The SMILES string of the molecule is c1c(-c2nc(C3CC3)no2)n[nH]c1[C@@H]1CCCNC1. The Kier molecular flexibility index (Phi) is 2.61. The fraction of sp³-hybridized carbons (Fsp3) is 0.615. The van der Waals surface area contributed by atoms with Crippen molar-refractivity contribution in [1.29, 1.82) is 0 Å². The molecule has 1 aliphatic heterocycles. The molecule has 1 saturated heterocycles. The lowest BCUT2D eigenvalue weighted by molar-refractivity contribution is 0.421. The maximum atomic E-state index is 5.29. The maximum absolute atomic E-state index is 5.29. The number of rotatable bonds is 3. The molecule has 0 spiro atoms. The van der Waals surface area contributed by atoms with Gasteiger partial charge in [0, 0.05) is 24.1 Å². The summed E-state index contributed by atoms with van der Waals surface area (Å²) < 4.78 is 5.29. The van der Waals surface area contributed by atoms with E-state index in [-0.39, 0.29) is 0 Å². The zero-order chi connectivity index (χ0) is 12.7. The van der Waals surface area contributed by atoms with Crippen LogP contribution >= 0.6 is 0 Å². The van der Waals surface area contributed by atoms with Crippen LogP contribution in [0.5, 0.6) is 0 Å². The van der Waals surface area contributed by atoms with Gasteiger partial charge >= 0.3 is 0 Å². The summed E-state index contributed by atoms with van der Waals surface area (Å²) in [6.07, 6.45) is 4.77. The molecule has 0 radical (unpaired) electrons. The van der Waals surface area contributed by atoms with Gasteiger partial charge in [-0.3, -0.25) is 5.10 Å². The van der Waals surface area contributed by atoms with E-state index >= 15 is 0 Å². The maximum Gasteiger partial charge on any atom is 0.278 e. The summed E-state index contributed by atoms with van der Waals surface area (Å²) in [5.74, 6) is 2.39. The van der Waals surface area contributed by atoms with Gasteiger partial charge < -0.3 is 9.84 Å². The van der Waals surface area contributed by atoms with E-state index in [1.54, 1.807) is 0 Å². The van der Waals surface area contributed by atoms with Gasteiger partial charge in [-0.15, -0.1) is 0 Å². The minimum absolute atomic E-state index is 0.512. The number of H-pyrrole nitrogens is 1. The highest BCUT2D eigenvalue weighted by Crippen LogP contribution is 2.38. The Balaban J connectivity index is 1.55. The van der Waals surface area contributed by atoms with Crippen LogP contribution in [0.15, 0.2) is 10.6 Å². The smallest absolute Gasteiger partial charge is 0.278 e. The van der Waals surface area contributed by atoms with Crippen molar-refractivity contribution in [2.75, 3.05) is 13.1 Å². The van der Waals surface area contributed by atoms with E-state index < -0.39 is 0 Å². The molecule has 100 valence electrons. The molecule has 4 rings (SSSR count). The van der Waals surface area contributed by atoms with E-state index in [2.05, 4.69) is 25.7 Å². The van der Waals surface area contributed by atoms with Crippen LogP contribution in [0.4, 0.5) is 0 Å². The fourth-order valence-electron chi connectivity index (χ4n) is 2.62. The second-order valence-corrected chi connectivity index (χ2v) is 5.48. The molecule has 3 heterocycles. The van der Waals surface area contributed by atoms with Crippen LogP contribution in [0.2, 0.25) is 0 Å². The minimum atomic E-state index is 0.512. The summed E-state index contributed by atoms with van der Waals surface area (Å²) in [7, 11) is 0. The van der Waals surface area contributed by atoms with Gasteiger partial charge in [-0.25, -0.2) is 0 Å². The number of hydrogen-bond acceptors (Lipinski definition) is 5. The van der Waals surface area contributed by atoms with E-state index in [0.29, 0.717) is 17.7 Å². The summed E-state index contributed by atoms with van der Waals surface area (Å²) >= 11 is 0. The number of nitrogens with one attached hydrogen (secondary N) is 2. The summed E-state index contributed by atoms with van der Waals surface area (Å²) in [5.41, 5.74) is 1.92. The summed E-state index contributed by atoms with van der Waals surface area (Å²) in [6, 6.07) is 2.04. The van der Waals surface area contributed by atoms with E-state index in [4.69, 9.17) is 4.52 Å². The van der Waals surface area contributed by atoms with Gasteiger partial charge in [0.2, 0.25) is 0 Å². The van der Waals surface area contributed by atoms with Crippen LogP contribution in [0.1, 0.15) is 49.0 Å².